The van der Waals surface area contributed by atoms with Gasteiger partial charge in [-0.2, -0.15) is 0 Å². The fourth-order valence-electron chi connectivity index (χ4n) is 6.11. The average molecular weight is 673 g/mol. The van der Waals surface area contributed by atoms with Crippen LogP contribution in [0, 0.1) is 0 Å². The monoisotopic (exact) mass is 672 g/mol. The molecule has 49 heavy (non-hydrogen) atoms. The van der Waals surface area contributed by atoms with Gasteiger partial charge in [-0.15, -0.1) is 10.2 Å². The number of fused-ring (bicyclic) bond motifs is 2. The molecule has 4 aromatic rings. The van der Waals surface area contributed by atoms with E-state index in [1.807, 2.05) is 54.8 Å². The summed E-state index contributed by atoms with van der Waals surface area (Å²) in [6.45, 7) is 15.2. The topological polar surface area (TPSA) is 137 Å². The lowest BCUT2D eigenvalue weighted by Gasteiger charge is -2.32. The highest BCUT2D eigenvalue weighted by Gasteiger charge is 2.31. The number of methoxy groups -OCH3 is 1. The van der Waals surface area contributed by atoms with Gasteiger partial charge in [-0.1, -0.05) is 45.0 Å². The van der Waals surface area contributed by atoms with Crippen molar-refractivity contribution in [2.75, 3.05) is 51.9 Å². The Balaban J connectivity index is 1.12. The number of anilines is 1. The third-order valence-corrected chi connectivity index (χ3v) is 9.04. The van der Waals surface area contributed by atoms with Gasteiger partial charge in [-0.05, 0) is 49.9 Å². The highest BCUT2D eigenvalue weighted by atomic mass is 16.5. The average Bonchev–Trinajstić information content (AvgIpc) is 3.52. The van der Waals surface area contributed by atoms with Crippen molar-refractivity contribution in [1.29, 1.82) is 0 Å². The molecule has 1 fully saturated rings. The third kappa shape index (κ3) is 8.35. The molecule has 2 aliphatic rings. The molecule has 2 N–H and O–H groups in total. The van der Waals surface area contributed by atoms with E-state index in [1.54, 1.807) is 13.2 Å². The zero-order chi connectivity index (χ0) is 34.6. The molecular formula is C36H48N8O5. The van der Waals surface area contributed by atoms with Gasteiger partial charge < -0.3 is 24.3 Å². The number of amides is 2. The summed E-state index contributed by atoms with van der Waals surface area (Å²) >= 11 is 0. The van der Waals surface area contributed by atoms with Crippen molar-refractivity contribution in [1.82, 2.24) is 34.8 Å². The molecular weight excluding hydrogens is 624 g/mol. The predicted molar refractivity (Wildman–Crippen MR) is 185 cm³/mol. The van der Waals surface area contributed by atoms with Gasteiger partial charge in [-0.25, -0.2) is 14.8 Å². The number of carbonyl (C=O) groups is 1. The summed E-state index contributed by atoms with van der Waals surface area (Å²) in [5.74, 6) is 2.47. The van der Waals surface area contributed by atoms with Gasteiger partial charge in [0.05, 0.1) is 44.4 Å². The summed E-state index contributed by atoms with van der Waals surface area (Å²) in [5.41, 5.74) is 2.57. The molecule has 0 spiro atoms. The molecule has 0 bridgehead atoms. The van der Waals surface area contributed by atoms with Gasteiger partial charge >= 0.3 is 6.03 Å². The molecule has 13 heteroatoms. The van der Waals surface area contributed by atoms with Crippen LogP contribution in [0.15, 0.2) is 48.7 Å². The Labute approximate surface area is 287 Å². The number of hydrogen-bond acceptors (Lipinski definition) is 10. The van der Waals surface area contributed by atoms with Gasteiger partial charge in [0.25, 0.3) is 0 Å². The highest BCUT2D eigenvalue weighted by Crippen LogP contribution is 2.39. The molecule has 13 nitrogen and oxygen atoms in total. The maximum atomic E-state index is 13.4. The summed E-state index contributed by atoms with van der Waals surface area (Å²) in [5, 5.41) is 14.8. The van der Waals surface area contributed by atoms with Crippen molar-refractivity contribution in [3.8, 4) is 5.75 Å². The highest BCUT2D eigenvalue weighted by molar-refractivity contribution is 5.88. The van der Waals surface area contributed by atoms with Gasteiger partial charge in [0.2, 0.25) is 0 Å². The number of ether oxygens (including phenoxy) is 4. The second-order valence-electron chi connectivity index (χ2n) is 14.1. The summed E-state index contributed by atoms with van der Waals surface area (Å²) < 4.78 is 25.5. The Bertz CT molecular complexity index is 1750. The first kappa shape index (κ1) is 34.7. The Morgan fingerprint density at radius 2 is 1.78 bits per heavy atom. The Morgan fingerprint density at radius 3 is 2.53 bits per heavy atom. The van der Waals surface area contributed by atoms with Gasteiger partial charge in [-0.3, -0.25) is 14.6 Å². The van der Waals surface area contributed by atoms with Gasteiger partial charge in [0.1, 0.15) is 29.1 Å². The van der Waals surface area contributed by atoms with Crippen molar-refractivity contribution in [2.24, 2.45) is 0 Å². The molecule has 0 saturated carbocycles. The molecule has 4 heterocycles. The lowest BCUT2D eigenvalue weighted by Crippen LogP contribution is -2.38. The summed E-state index contributed by atoms with van der Waals surface area (Å²) in [4.78, 5) is 25.2. The number of benzene rings is 1. The summed E-state index contributed by atoms with van der Waals surface area (Å²) in [6.07, 6.45) is 3.13. The van der Waals surface area contributed by atoms with Crippen LogP contribution in [0.4, 0.5) is 10.6 Å². The smallest absolute Gasteiger partial charge is 0.320 e. The van der Waals surface area contributed by atoms with Crippen LogP contribution >= 0.6 is 0 Å². The van der Waals surface area contributed by atoms with Gasteiger partial charge in [0.15, 0.2) is 11.5 Å². The predicted octanol–water partition coefficient (Wildman–Crippen LogP) is 5.32. The number of rotatable bonds is 11. The van der Waals surface area contributed by atoms with E-state index in [-0.39, 0.29) is 23.6 Å². The second kappa shape index (κ2) is 14.8. The van der Waals surface area contributed by atoms with Crippen molar-refractivity contribution in [3.63, 3.8) is 0 Å². The molecule has 0 unspecified atom stereocenters. The van der Waals surface area contributed by atoms with E-state index in [9.17, 15) is 4.79 Å². The van der Waals surface area contributed by atoms with Crippen LogP contribution in [-0.4, -0.2) is 82.1 Å². The summed E-state index contributed by atoms with van der Waals surface area (Å²) in [6, 6.07) is 13.2. The van der Waals surface area contributed by atoms with Crippen molar-refractivity contribution in [3.05, 3.63) is 77.1 Å². The first-order valence-corrected chi connectivity index (χ1v) is 17.0. The number of aromatic nitrogens is 5. The standard InChI is InChI=1S/C36H48N8O5/c1-35(2,3)32-37-24(23-48-20-17-43-15-18-47-19-16-43)21-30(39-32)40-34(45)38-28-12-13-29(27-10-8-7-9-26(27)28)49-25-11-14-31-41-42-33(44(31)22-25)36(4,5)46-6/h7-11,14,21-22,28-29H,12-13,15-20,23H2,1-6H3,(H2,37,38,39,40,45)/t28-,29+/m0/s1. The largest absolute Gasteiger partial charge is 0.484 e. The molecule has 262 valence electrons. The van der Waals surface area contributed by atoms with Crippen LogP contribution in [0.5, 0.6) is 5.75 Å². The lowest BCUT2D eigenvalue weighted by molar-refractivity contribution is 0.0106. The minimum atomic E-state index is -0.618. The van der Waals surface area contributed by atoms with E-state index in [0.717, 1.165) is 49.7 Å². The van der Waals surface area contributed by atoms with Crippen molar-refractivity contribution < 1.29 is 23.7 Å². The number of nitrogens with zero attached hydrogens (tertiary/aromatic N) is 6. The van der Waals surface area contributed by atoms with E-state index < -0.39 is 5.60 Å². The molecule has 1 saturated heterocycles. The summed E-state index contributed by atoms with van der Waals surface area (Å²) in [7, 11) is 1.66. The first-order chi connectivity index (χ1) is 23.5. The molecule has 6 rings (SSSR count). The molecule has 2 amide bonds. The van der Waals surface area contributed by atoms with Crippen molar-refractivity contribution in [2.45, 2.75) is 77.2 Å². The number of nitrogens with one attached hydrogen (secondary N) is 2. The van der Waals surface area contributed by atoms with E-state index in [2.05, 4.69) is 57.6 Å². The van der Waals surface area contributed by atoms with Crippen LogP contribution in [0.2, 0.25) is 0 Å². The fourth-order valence-corrected chi connectivity index (χ4v) is 6.11. The van der Waals surface area contributed by atoms with Crippen LogP contribution < -0.4 is 15.4 Å². The minimum Gasteiger partial charge on any atom is -0.484 e. The molecule has 0 radical (unpaired) electrons. The lowest BCUT2D eigenvalue weighted by atomic mass is 9.85. The second-order valence-corrected chi connectivity index (χ2v) is 14.1. The Hall–Kier alpha value is -4.17. The van der Waals surface area contributed by atoms with Crippen LogP contribution in [0.1, 0.15) is 88.1 Å². The zero-order valence-electron chi connectivity index (χ0n) is 29.4. The van der Waals surface area contributed by atoms with Crippen LogP contribution in [0.3, 0.4) is 0 Å². The molecule has 2 atom stereocenters. The van der Waals surface area contributed by atoms with Gasteiger partial charge in [0, 0.05) is 38.2 Å². The third-order valence-electron chi connectivity index (χ3n) is 9.04. The van der Waals surface area contributed by atoms with Crippen LogP contribution in [-0.2, 0) is 31.8 Å². The molecule has 1 aliphatic carbocycles. The molecule has 1 aliphatic heterocycles. The van der Waals surface area contributed by atoms with E-state index >= 15 is 0 Å². The minimum absolute atomic E-state index is 0.188. The quantitative estimate of drug-likeness (QED) is 0.201. The zero-order valence-corrected chi connectivity index (χ0v) is 29.4. The first-order valence-electron chi connectivity index (χ1n) is 17.0. The van der Waals surface area contributed by atoms with E-state index in [4.69, 9.17) is 23.9 Å². The maximum Gasteiger partial charge on any atom is 0.320 e. The van der Waals surface area contributed by atoms with E-state index in [1.165, 1.54) is 0 Å². The Kier molecular flexibility index (Phi) is 10.4. The Morgan fingerprint density at radius 1 is 1.00 bits per heavy atom. The number of urea groups is 1. The number of pyridine rings is 1. The number of hydrogen-bond donors (Lipinski definition) is 2. The van der Waals surface area contributed by atoms with Crippen LogP contribution in [0.25, 0.3) is 5.65 Å². The number of carbonyl (C=O) groups excluding carboxylic acids is 1. The fraction of sp³-hybridized carbons (Fsp3) is 0.528. The molecule has 1 aromatic carbocycles. The maximum absolute atomic E-state index is 13.4. The molecule has 3 aromatic heterocycles. The normalized spacial score (nSPS) is 18.7. The number of morpholine rings is 1. The van der Waals surface area contributed by atoms with E-state index in [0.29, 0.717) is 54.9 Å². The van der Waals surface area contributed by atoms with Crippen molar-refractivity contribution >= 4 is 17.5 Å². The SMILES string of the molecule is COC(C)(C)c1nnc2ccc(O[C@@H]3CC[C@H](NC(=O)Nc4cc(COCCN5CCOCC5)nc(C(C)(C)C)n4)c4ccccc43)cn12.